The van der Waals surface area contributed by atoms with E-state index in [9.17, 15) is 9.18 Å². The van der Waals surface area contributed by atoms with Gasteiger partial charge in [-0.1, -0.05) is 18.2 Å². The van der Waals surface area contributed by atoms with Crippen molar-refractivity contribution in [1.29, 1.82) is 0 Å². The standard InChI is InChI=1S/C16H18FN3O/c1-10-6-7-12(8-15(10)17)11(2)19-13-4-3-5-14(9-13)20-16(18)21/h3-9,11,19H,1-2H3,(H3,18,20,21). The van der Waals surface area contributed by atoms with Crippen molar-refractivity contribution in [3.05, 3.63) is 59.4 Å². The number of rotatable bonds is 4. The number of urea groups is 1. The number of hydrogen-bond acceptors (Lipinski definition) is 2. The van der Waals surface area contributed by atoms with Gasteiger partial charge in [0.15, 0.2) is 0 Å². The third-order valence-electron chi connectivity index (χ3n) is 3.21. The number of halogens is 1. The van der Waals surface area contributed by atoms with Gasteiger partial charge in [0.1, 0.15) is 5.82 Å². The van der Waals surface area contributed by atoms with Gasteiger partial charge in [-0.15, -0.1) is 0 Å². The van der Waals surface area contributed by atoms with Crippen LogP contribution in [0.1, 0.15) is 24.1 Å². The van der Waals surface area contributed by atoms with E-state index in [0.29, 0.717) is 11.3 Å². The lowest BCUT2D eigenvalue weighted by Crippen LogP contribution is -2.19. The van der Waals surface area contributed by atoms with Crippen LogP contribution >= 0.6 is 0 Å². The van der Waals surface area contributed by atoms with Crippen LogP contribution < -0.4 is 16.4 Å². The molecule has 2 aromatic carbocycles. The highest BCUT2D eigenvalue weighted by Crippen LogP contribution is 2.23. The number of amides is 2. The van der Waals surface area contributed by atoms with E-state index >= 15 is 0 Å². The molecule has 0 saturated heterocycles. The van der Waals surface area contributed by atoms with Crippen molar-refractivity contribution < 1.29 is 9.18 Å². The van der Waals surface area contributed by atoms with Gasteiger partial charge in [-0.2, -0.15) is 0 Å². The lowest BCUT2D eigenvalue weighted by Gasteiger charge is -2.17. The maximum absolute atomic E-state index is 13.6. The van der Waals surface area contributed by atoms with Gasteiger partial charge in [0.2, 0.25) is 0 Å². The molecule has 0 saturated carbocycles. The second kappa shape index (κ2) is 6.26. The third-order valence-corrected chi connectivity index (χ3v) is 3.21. The summed E-state index contributed by atoms with van der Waals surface area (Å²) in [5.41, 5.74) is 7.98. The Morgan fingerprint density at radius 1 is 1.19 bits per heavy atom. The summed E-state index contributed by atoms with van der Waals surface area (Å²) in [6, 6.07) is 11.7. The van der Waals surface area contributed by atoms with Crippen molar-refractivity contribution >= 4 is 17.4 Å². The Labute approximate surface area is 123 Å². The van der Waals surface area contributed by atoms with Gasteiger partial charge in [-0.05, 0) is 49.2 Å². The summed E-state index contributed by atoms with van der Waals surface area (Å²) in [4.78, 5) is 10.8. The minimum Gasteiger partial charge on any atom is -0.378 e. The molecule has 2 rings (SSSR count). The zero-order valence-corrected chi connectivity index (χ0v) is 12.0. The van der Waals surface area contributed by atoms with E-state index < -0.39 is 6.03 Å². The number of primary amides is 1. The van der Waals surface area contributed by atoms with E-state index in [1.807, 2.05) is 19.1 Å². The summed E-state index contributed by atoms with van der Waals surface area (Å²) in [5, 5.41) is 5.77. The molecule has 0 aliphatic carbocycles. The second-order valence-electron chi connectivity index (χ2n) is 4.94. The fraction of sp³-hybridized carbons (Fsp3) is 0.188. The SMILES string of the molecule is Cc1ccc(C(C)Nc2cccc(NC(N)=O)c2)cc1F. The first kappa shape index (κ1) is 14.8. The van der Waals surface area contributed by atoms with Crippen molar-refractivity contribution in [2.24, 2.45) is 5.73 Å². The largest absolute Gasteiger partial charge is 0.378 e. The molecule has 4 nitrogen and oxygen atoms in total. The van der Waals surface area contributed by atoms with Gasteiger partial charge in [-0.3, -0.25) is 0 Å². The Balaban J connectivity index is 2.13. The maximum atomic E-state index is 13.6. The van der Waals surface area contributed by atoms with Crippen LogP contribution in [0.25, 0.3) is 0 Å². The lowest BCUT2D eigenvalue weighted by atomic mass is 10.1. The highest BCUT2D eigenvalue weighted by molar-refractivity contribution is 5.88. The van der Waals surface area contributed by atoms with E-state index in [2.05, 4.69) is 10.6 Å². The van der Waals surface area contributed by atoms with Gasteiger partial charge < -0.3 is 16.4 Å². The number of benzene rings is 2. The van der Waals surface area contributed by atoms with E-state index in [-0.39, 0.29) is 11.9 Å². The van der Waals surface area contributed by atoms with Crippen LogP contribution in [-0.4, -0.2) is 6.03 Å². The molecular formula is C16H18FN3O. The number of carbonyl (C=O) groups excluding carboxylic acids is 1. The Morgan fingerprint density at radius 3 is 2.57 bits per heavy atom. The zero-order chi connectivity index (χ0) is 15.4. The monoisotopic (exact) mass is 287 g/mol. The van der Waals surface area contributed by atoms with Crippen molar-refractivity contribution in [2.45, 2.75) is 19.9 Å². The summed E-state index contributed by atoms with van der Waals surface area (Å²) in [6.45, 7) is 3.68. The predicted molar refractivity (Wildman–Crippen MR) is 82.8 cm³/mol. The molecule has 0 bridgehead atoms. The summed E-state index contributed by atoms with van der Waals surface area (Å²) in [6.07, 6.45) is 0. The van der Waals surface area contributed by atoms with E-state index in [1.165, 1.54) is 6.07 Å². The summed E-state index contributed by atoms with van der Waals surface area (Å²) >= 11 is 0. The molecule has 0 spiro atoms. The third kappa shape index (κ3) is 3.95. The molecule has 21 heavy (non-hydrogen) atoms. The molecule has 2 aromatic rings. The molecule has 0 radical (unpaired) electrons. The minimum atomic E-state index is -0.610. The lowest BCUT2D eigenvalue weighted by molar-refractivity contribution is 0.259. The molecule has 0 heterocycles. The Hall–Kier alpha value is -2.56. The molecule has 1 unspecified atom stereocenters. The van der Waals surface area contributed by atoms with Crippen molar-refractivity contribution in [1.82, 2.24) is 0 Å². The Kier molecular flexibility index (Phi) is 4.42. The van der Waals surface area contributed by atoms with E-state index in [1.54, 1.807) is 31.2 Å². The molecule has 2 amide bonds. The Morgan fingerprint density at radius 2 is 1.90 bits per heavy atom. The summed E-state index contributed by atoms with van der Waals surface area (Å²) in [7, 11) is 0. The van der Waals surface area contributed by atoms with Crippen LogP contribution in [0.3, 0.4) is 0 Å². The topological polar surface area (TPSA) is 67.2 Å². The van der Waals surface area contributed by atoms with Crippen molar-refractivity contribution in [2.75, 3.05) is 10.6 Å². The van der Waals surface area contributed by atoms with Gasteiger partial charge in [0, 0.05) is 17.4 Å². The average molecular weight is 287 g/mol. The van der Waals surface area contributed by atoms with Crippen molar-refractivity contribution in [3.63, 3.8) is 0 Å². The molecule has 0 aliphatic rings. The maximum Gasteiger partial charge on any atom is 0.316 e. The molecule has 4 N–H and O–H groups in total. The molecule has 5 heteroatoms. The first-order valence-electron chi connectivity index (χ1n) is 6.65. The second-order valence-corrected chi connectivity index (χ2v) is 4.94. The van der Waals surface area contributed by atoms with E-state index in [4.69, 9.17) is 5.73 Å². The predicted octanol–water partition coefficient (Wildman–Crippen LogP) is 3.80. The number of hydrogen-bond donors (Lipinski definition) is 3. The van der Waals surface area contributed by atoms with Gasteiger partial charge >= 0.3 is 6.03 Å². The summed E-state index contributed by atoms with van der Waals surface area (Å²) < 4.78 is 13.6. The van der Waals surface area contributed by atoms with Crippen LogP contribution in [0.5, 0.6) is 0 Å². The molecule has 0 aromatic heterocycles. The number of anilines is 2. The molecule has 110 valence electrons. The highest BCUT2D eigenvalue weighted by Gasteiger charge is 2.08. The molecule has 0 aliphatic heterocycles. The zero-order valence-electron chi connectivity index (χ0n) is 12.0. The summed E-state index contributed by atoms with van der Waals surface area (Å²) in [5.74, 6) is -0.217. The smallest absolute Gasteiger partial charge is 0.316 e. The van der Waals surface area contributed by atoms with Crippen LogP contribution in [0, 0.1) is 12.7 Å². The van der Waals surface area contributed by atoms with Crippen LogP contribution in [0.15, 0.2) is 42.5 Å². The minimum absolute atomic E-state index is 0.0658. The van der Waals surface area contributed by atoms with E-state index in [0.717, 1.165) is 11.3 Å². The van der Waals surface area contributed by atoms with Gasteiger partial charge in [-0.25, -0.2) is 9.18 Å². The normalized spacial score (nSPS) is 11.8. The van der Waals surface area contributed by atoms with Gasteiger partial charge in [0.25, 0.3) is 0 Å². The molecular weight excluding hydrogens is 269 g/mol. The van der Waals surface area contributed by atoms with Crippen LogP contribution in [0.2, 0.25) is 0 Å². The number of nitrogens with one attached hydrogen (secondary N) is 2. The quantitative estimate of drug-likeness (QED) is 0.800. The first-order valence-corrected chi connectivity index (χ1v) is 6.65. The highest BCUT2D eigenvalue weighted by atomic mass is 19.1. The number of carbonyl (C=O) groups is 1. The van der Waals surface area contributed by atoms with Crippen LogP contribution in [-0.2, 0) is 0 Å². The first-order chi connectivity index (χ1) is 9.95. The van der Waals surface area contributed by atoms with Crippen LogP contribution in [0.4, 0.5) is 20.6 Å². The Bertz CT molecular complexity index is 658. The van der Waals surface area contributed by atoms with Gasteiger partial charge in [0.05, 0.1) is 0 Å². The fourth-order valence-corrected chi connectivity index (χ4v) is 2.04. The fourth-order valence-electron chi connectivity index (χ4n) is 2.04. The molecule has 0 fully saturated rings. The van der Waals surface area contributed by atoms with Crippen molar-refractivity contribution in [3.8, 4) is 0 Å². The number of nitrogens with two attached hydrogens (primary N) is 1. The molecule has 1 atom stereocenters. The average Bonchev–Trinajstić information content (AvgIpc) is 2.41. The number of aryl methyl sites for hydroxylation is 1.